The molecule has 0 heterocycles. The molecule has 0 bridgehead atoms. The quantitative estimate of drug-likeness (QED) is 0.842. The molecule has 0 saturated heterocycles. The van der Waals surface area contributed by atoms with Gasteiger partial charge in [0.15, 0.2) is 0 Å². The largest absolute Gasteiger partial charge is 0.420 e. The third-order valence-electron chi connectivity index (χ3n) is 2.03. The lowest BCUT2D eigenvalue weighted by Crippen LogP contribution is -2.58. The van der Waals surface area contributed by atoms with E-state index in [1.807, 2.05) is 4.72 Å². The van der Waals surface area contributed by atoms with Gasteiger partial charge in [-0.05, 0) is 27.2 Å². The van der Waals surface area contributed by atoms with Gasteiger partial charge in [-0.3, -0.25) is 0 Å². The van der Waals surface area contributed by atoms with Crippen molar-refractivity contribution in [1.82, 2.24) is 4.72 Å². The first kappa shape index (κ1) is 15.4. The van der Waals surface area contributed by atoms with Crippen molar-refractivity contribution in [2.24, 2.45) is 0 Å². The van der Waals surface area contributed by atoms with Crippen molar-refractivity contribution in [1.29, 1.82) is 5.26 Å². The molecule has 0 unspecified atom stereocenters. The first-order chi connectivity index (χ1) is 7.00. The topological polar surface area (TPSA) is 52.9 Å². The number of nitrogens with zero attached hydrogens (tertiary/aromatic N) is 1. The third kappa shape index (κ3) is 3.19. The number of nitriles is 1. The van der Waals surface area contributed by atoms with Crippen LogP contribution in [0.2, 0.25) is 0 Å². The molecular formula is C9H15F3N2OS. The van der Waals surface area contributed by atoms with Crippen molar-refractivity contribution in [2.75, 3.05) is 0 Å². The summed E-state index contributed by atoms with van der Waals surface area (Å²) in [6, 6.07) is 1.18. The Bertz CT molecular complexity index is 316. The fraction of sp³-hybridized carbons (Fsp3) is 0.889. The van der Waals surface area contributed by atoms with E-state index in [9.17, 15) is 17.4 Å². The van der Waals surface area contributed by atoms with E-state index < -0.39 is 33.9 Å². The minimum absolute atomic E-state index is 0.491. The summed E-state index contributed by atoms with van der Waals surface area (Å²) < 4.78 is 50.7. The Morgan fingerprint density at radius 3 is 1.94 bits per heavy atom. The second-order valence-corrected chi connectivity index (χ2v) is 6.32. The maximum atomic E-state index is 12.7. The molecule has 2 atom stereocenters. The SMILES string of the molecule is CC[C@](C#N)(N[S@](=O)C(C)(C)C)C(F)(F)F. The van der Waals surface area contributed by atoms with E-state index in [0.29, 0.717) is 0 Å². The smallest absolute Gasteiger partial charge is 0.242 e. The minimum atomic E-state index is -4.75. The van der Waals surface area contributed by atoms with Crippen molar-refractivity contribution in [2.45, 2.75) is 50.6 Å². The normalized spacial score (nSPS) is 18.6. The second-order valence-electron chi connectivity index (χ2n) is 4.35. The summed E-state index contributed by atoms with van der Waals surface area (Å²) in [5.41, 5.74) is -2.74. The molecule has 0 aliphatic rings. The fourth-order valence-corrected chi connectivity index (χ4v) is 1.74. The Balaban J connectivity index is 5.15. The number of halogens is 3. The number of rotatable bonds is 3. The Morgan fingerprint density at radius 2 is 1.75 bits per heavy atom. The molecule has 3 nitrogen and oxygen atoms in total. The molecule has 0 radical (unpaired) electrons. The number of hydrogen-bond donors (Lipinski definition) is 1. The van der Waals surface area contributed by atoms with Crippen LogP contribution in [0.1, 0.15) is 34.1 Å². The molecule has 16 heavy (non-hydrogen) atoms. The summed E-state index contributed by atoms with van der Waals surface area (Å²) in [5, 5.41) is 8.66. The Labute approximate surface area is 95.6 Å². The highest BCUT2D eigenvalue weighted by atomic mass is 32.2. The molecule has 0 aromatic heterocycles. The van der Waals surface area contributed by atoms with E-state index in [2.05, 4.69) is 0 Å². The molecule has 0 fully saturated rings. The molecule has 7 heteroatoms. The van der Waals surface area contributed by atoms with Gasteiger partial charge in [0, 0.05) is 0 Å². The molecule has 0 rings (SSSR count). The van der Waals surface area contributed by atoms with Crippen molar-refractivity contribution in [3.05, 3.63) is 0 Å². The van der Waals surface area contributed by atoms with Crippen LogP contribution in [0, 0.1) is 11.3 Å². The van der Waals surface area contributed by atoms with Crippen molar-refractivity contribution in [3.8, 4) is 6.07 Å². The standard InChI is InChI=1S/C9H15F3N2OS/c1-5-8(6-13,9(10,11)12)14-16(15)7(2,3)4/h14H,5H2,1-4H3/t8-,16-/m1/s1. The van der Waals surface area contributed by atoms with Gasteiger partial charge in [0.05, 0.1) is 21.8 Å². The maximum absolute atomic E-state index is 12.7. The third-order valence-corrected chi connectivity index (χ3v) is 3.67. The average molecular weight is 256 g/mol. The Morgan fingerprint density at radius 1 is 1.31 bits per heavy atom. The van der Waals surface area contributed by atoms with Crippen LogP contribution >= 0.6 is 0 Å². The van der Waals surface area contributed by atoms with Gasteiger partial charge in [0.25, 0.3) is 0 Å². The summed E-state index contributed by atoms with van der Waals surface area (Å²) >= 11 is 0. The van der Waals surface area contributed by atoms with Crippen LogP contribution in [0.15, 0.2) is 0 Å². The highest BCUT2D eigenvalue weighted by molar-refractivity contribution is 7.84. The fourth-order valence-electron chi connectivity index (χ4n) is 0.807. The summed E-state index contributed by atoms with van der Waals surface area (Å²) in [6.07, 6.45) is -5.24. The highest BCUT2D eigenvalue weighted by Gasteiger charge is 2.56. The molecule has 1 N–H and O–H groups in total. The first-order valence-electron chi connectivity index (χ1n) is 4.68. The average Bonchev–Trinajstić information content (AvgIpc) is 2.10. The lowest BCUT2D eigenvalue weighted by molar-refractivity contribution is -0.174. The van der Waals surface area contributed by atoms with E-state index in [1.54, 1.807) is 0 Å². The van der Waals surface area contributed by atoms with Crippen LogP contribution in [0.4, 0.5) is 13.2 Å². The van der Waals surface area contributed by atoms with Crippen LogP contribution in [0.25, 0.3) is 0 Å². The van der Waals surface area contributed by atoms with Gasteiger partial charge in [-0.25, -0.2) is 8.93 Å². The number of alkyl halides is 3. The highest BCUT2D eigenvalue weighted by Crippen LogP contribution is 2.33. The molecule has 0 aliphatic carbocycles. The predicted molar refractivity (Wildman–Crippen MR) is 55.7 cm³/mol. The van der Waals surface area contributed by atoms with Crippen LogP contribution in [-0.2, 0) is 11.0 Å². The van der Waals surface area contributed by atoms with Crippen molar-refractivity contribution in [3.63, 3.8) is 0 Å². The molecule has 0 saturated carbocycles. The number of hydrogen-bond acceptors (Lipinski definition) is 2. The lowest BCUT2D eigenvalue weighted by atomic mass is 9.99. The van der Waals surface area contributed by atoms with Gasteiger partial charge in [-0.1, -0.05) is 6.92 Å². The van der Waals surface area contributed by atoms with E-state index in [4.69, 9.17) is 5.26 Å². The molecule has 0 amide bonds. The molecule has 0 aromatic rings. The Hall–Kier alpha value is -0.610. The second kappa shape index (κ2) is 4.72. The van der Waals surface area contributed by atoms with Gasteiger partial charge >= 0.3 is 6.18 Å². The summed E-state index contributed by atoms with van der Waals surface area (Å²) in [7, 11) is -1.95. The maximum Gasteiger partial charge on any atom is 0.420 e. The molecule has 0 aromatic carbocycles. The van der Waals surface area contributed by atoms with Crippen molar-refractivity contribution >= 4 is 11.0 Å². The minimum Gasteiger partial charge on any atom is -0.242 e. The zero-order chi connectivity index (χ0) is 13.2. The van der Waals surface area contributed by atoms with Gasteiger partial charge in [0.2, 0.25) is 5.54 Å². The molecule has 94 valence electrons. The lowest BCUT2D eigenvalue weighted by Gasteiger charge is -2.31. The first-order valence-corrected chi connectivity index (χ1v) is 5.83. The van der Waals surface area contributed by atoms with E-state index in [-0.39, 0.29) is 0 Å². The van der Waals surface area contributed by atoms with Crippen LogP contribution < -0.4 is 4.72 Å². The molecule has 0 aliphatic heterocycles. The van der Waals surface area contributed by atoms with Gasteiger partial charge in [-0.2, -0.15) is 18.4 Å². The van der Waals surface area contributed by atoms with Gasteiger partial charge < -0.3 is 0 Å². The number of nitrogens with one attached hydrogen (secondary N) is 1. The molecule has 0 spiro atoms. The van der Waals surface area contributed by atoms with Crippen LogP contribution in [0.5, 0.6) is 0 Å². The zero-order valence-corrected chi connectivity index (χ0v) is 10.4. The Kier molecular flexibility index (Phi) is 4.54. The monoisotopic (exact) mass is 256 g/mol. The molecular weight excluding hydrogens is 241 g/mol. The van der Waals surface area contributed by atoms with E-state index in [1.165, 1.54) is 33.8 Å². The van der Waals surface area contributed by atoms with Gasteiger partial charge in [0.1, 0.15) is 0 Å². The predicted octanol–water partition coefficient (Wildman–Crippen LogP) is 2.27. The van der Waals surface area contributed by atoms with E-state index in [0.717, 1.165) is 0 Å². The summed E-state index contributed by atoms with van der Waals surface area (Å²) in [6.45, 7) is 5.82. The van der Waals surface area contributed by atoms with Gasteiger partial charge in [-0.15, -0.1) is 0 Å². The summed E-state index contributed by atoms with van der Waals surface area (Å²) in [5.74, 6) is 0. The van der Waals surface area contributed by atoms with Crippen LogP contribution in [0.3, 0.4) is 0 Å². The summed E-state index contributed by atoms with van der Waals surface area (Å²) in [4.78, 5) is 0. The van der Waals surface area contributed by atoms with E-state index >= 15 is 0 Å². The van der Waals surface area contributed by atoms with Crippen LogP contribution in [-0.4, -0.2) is 20.7 Å². The zero-order valence-electron chi connectivity index (χ0n) is 9.60. The van der Waals surface area contributed by atoms with Crippen molar-refractivity contribution < 1.29 is 17.4 Å².